The third kappa shape index (κ3) is 6.23. The first-order chi connectivity index (χ1) is 18.2. The van der Waals surface area contributed by atoms with E-state index in [0.29, 0.717) is 15.8 Å². The Hall–Kier alpha value is -4.42. The first kappa shape index (κ1) is 24.3. The molecule has 1 fully saturated rings. The number of rotatable bonds is 7. The van der Waals surface area contributed by atoms with E-state index in [9.17, 15) is 4.79 Å². The molecule has 0 spiro atoms. The first-order valence-corrected chi connectivity index (χ1v) is 12.7. The Morgan fingerprint density at radius 2 is 1.57 bits per heavy atom. The molecular weight excluding hydrogens is 478 g/mol. The summed E-state index contributed by atoms with van der Waals surface area (Å²) in [6.45, 7) is 2.25. The van der Waals surface area contributed by atoms with Crippen LogP contribution in [0.4, 0.5) is 0 Å². The highest BCUT2D eigenvalue weighted by Gasteiger charge is 2.34. The molecule has 1 aliphatic heterocycles. The van der Waals surface area contributed by atoms with Gasteiger partial charge in [-0.15, -0.1) is 5.10 Å². The Bertz CT molecular complexity index is 1470. The highest BCUT2D eigenvalue weighted by Crippen LogP contribution is 2.34. The van der Waals surface area contributed by atoms with Gasteiger partial charge < -0.3 is 4.42 Å². The molecule has 0 N–H and O–H groups in total. The van der Waals surface area contributed by atoms with Gasteiger partial charge in [0.1, 0.15) is 5.76 Å². The molecule has 0 aliphatic carbocycles. The number of carbonyl (C=O) groups excluding carboxylic acids is 1. The molecule has 1 amide bonds. The molecule has 2 heterocycles. The molecule has 1 aliphatic rings. The molecular formula is C31H25N3O2S. The Morgan fingerprint density at radius 3 is 2.27 bits per heavy atom. The molecule has 3 aromatic carbocycles. The summed E-state index contributed by atoms with van der Waals surface area (Å²) in [5, 5.41) is 9.18. The lowest BCUT2D eigenvalue weighted by Crippen LogP contribution is -2.28. The molecule has 0 saturated carbocycles. The number of thioether (sulfide) groups is 1. The Balaban J connectivity index is 1.37. The maximum Gasteiger partial charge on any atom is 0.267 e. The van der Waals surface area contributed by atoms with Gasteiger partial charge in [-0.05, 0) is 64.7 Å². The number of carbonyl (C=O) groups is 1. The number of hydrogen-bond donors (Lipinski definition) is 0. The quantitative estimate of drug-likeness (QED) is 0.149. The zero-order chi connectivity index (χ0) is 25.5. The van der Waals surface area contributed by atoms with Gasteiger partial charge in [0, 0.05) is 0 Å². The number of allylic oxidation sites excluding steroid dienone is 1. The summed E-state index contributed by atoms with van der Waals surface area (Å²) in [7, 11) is 0. The maximum atomic E-state index is 13.3. The summed E-state index contributed by atoms with van der Waals surface area (Å²) in [5.74, 6) is 0.554. The van der Waals surface area contributed by atoms with Crippen LogP contribution in [0.25, 0.3) is 23.3 Å². The maximum absolute atomic E-state index is 13.3. The van der Waals surface area contributed by atoms with Gasteiger partial charge in [-0.3, -0.25) is 9.69 Å². The average Bonchev–Trinajstić information content (AvgIpc) is 3.55. The van der Waals surface area contributed by atoms with Crippen LogP contribution in [0.1, 0.15) is 23.8 Å². The van der Waals surface area contributed by atoms with Gasteiger partial charge in [0.15, 0.2) is 5.17 Å². The van der Waals surface area contributed by atoms with Gasteiger partial charge >= 0.3 is 0 Å². The van der Waals surface area contributed by atoms with E-state index < -0.39 is 0 Å². The topological polar surface area (TPSA) is 58.2 Å². The molecule has 0 bridgehead atoms. The normalized spacial score (nSPS) is 16.4. The summed E-state index contributed by atoms with van der Waals surface area (Å²) in [5.41, 5.74) is 5.27. The minimum atomic E-state index is -0.126. The minimum absolute atomic E-state index is 0.126. The largest absolute Gasteiger partial charge is 0.467 e. The summed E-state index contributed by atoms with van der Waals surface area (Å²) in [6.07, 6.45) is 7.21. The Morgan fingerprint density at radius 1 is 0.865 bits per heavy atom. The van der Waals surface area contributed by atoms with E-state index in [1.54, 1.807) is 23.4 Å². The van der Waals surface area contributed by atoms with Crippen molar-refractivity contribution in [1.82, 2.24) is 4.90 Å². The average molecular weight is 504 g/mol. The third-order valence-electron chi connectivity index (χ3n) is 5.70. The van der Waals surface area contributed by atoms with Crippen molar-refractivity contribution in [2.75, 3.05) is 0 Å². The second kappa shape index (κ2) is 11.5. The molecule has 4 aromatic rings. The summed E-state index contributed by atoms with van der Waals surface area (Å²) < 4.78 is 5.48. The predicted molar refractivity (Wildman–Crippen MR) is 153 cm³/mol. The number of amides is 1. The third-order valence-corrected chi connectivity index (χ3v) is 6.69. The van der Waals surface area contributed by atoms with Crippen molar-refractivity contribution in [2.24, 2.45) is 10.2 Å². The molecule has 5 rings (SSSR count). The van der Waals surface area contributed by atoms with Crippen molar-refractivity contribution in [3.63, 3.8) is 0 Å². The van der Waals surface area contributed by atoms with Crippen molar-refractivity contribution < 1.29 is 9.21 Å². The van der Waals surface area contributed by atoms with Crippen LogP contribution in [0.3, 0.4) is 0 Å². The predicted octanol–water partition coefficient (Wildman–Crippen LogP) is 7.51. The fraction of sp³-hybridized carbons (Fsp3) is 0.0645. The number of nitrogens with zero attached hydrogens (tertiary/aromatic N) is 3. The van der Waals surface area contributed by atoms with Crippen LogP contribution in [-0.2, 0) is 11.3 Å². The van der Waals surface area contributed by atoms with E-state index in [0.717, 1.165) is 27.8 Å². The van der Waals surface area contributed by atoms with Crippen molar-refractivity contribution in [1.29, 1.82) is 0 Å². The number of amidine groups is 1. The highest BCUT2D eigenvalue weighted by molar-refractivity contribution is 8.18. The van der Waals surface area contributed by atoms with E-state index in [2.05, 4.69) is 34.5 Å². The van der Waals surface area contributed by atoms with Crippen LogP contribution < -0.4 is 0 Å². The van der Waals surface area contributed by atoms with Crippen LogP contribution in [-0.4, -0.2) is 22.2 Å². The van der Waals surface area contributed by atoms with Crippen molar-refractivity contribution in [3.05, 3.63) is 131 Å². The van der Waals surface area contributed by atoms with Crippen LogP contribution in [0.15, 0.2) is 128 Å². The van der Waals surface area contributed by atoms with Crippen LogP contribution in [0.5, 0.6) is 0 Å². The number of furan rings is 1. The van der Waals surface area contributed by atoms with Crippen molar-refractivity contribution in [3.8, 4) is 11.1 Å². The van der Waals surface area contributed by atoms with Crippen molar-refractivity contribution >= 4 is 41.2 Å². The lowest BCUT2D eigenvalue weighted by molar-refractivity contribution is -0.122. The summed E-state index contributed by atoms with van der Waals surface area (Å²) >= 11 is 1.31. The minimum Gasteiger partial charge on any atom is -0.467 e. The second-order valence-corrected chi connectivity index (χ2v) is 9.50. The molecule has 182 valence electrons. The van der Waals surface area contributed by atoms with Gasteiger partial charge in [-0.25, -0.2) is 0 Å². The summed E-state index contributed by atoms with van der Waals surface area (Å²) in [6, 6.07) is 32.1. The lowest BCUT2D eigenvalue weighted by atomic mass is 10.0. The smallest absolute Gasteiger partial charge is 0.267 e. The van der Waals surface area contributed by atoms with E-state index in [4.69, 9.17) is 4.42 Å². The zero-order valence-electron chi connectivity index (χ0n) is 20.3. The molecule has 6 heteroatoms. The standard InChI is InChI=1S/C31H25N3O2S/c1-23(19-24-9-4-2-5-10-24)21-32-33-31-34(22-28-13-8-18-36-28)30(35)29(37-31)20-25-14-16-27(17-15-25)26-11-6-3-7-12-26/h2-21H,22H2,1H3/b23-19+,29-20-,32-21-,33-31+. The van der Waals surface area contributed by atoms with Crippen LogP contribution >= 0.6 is 11.8 Å². The fourth-order valence-corrected chi connectivity index (χ4v) is 4.79. The summed E-state index contributed by atoms with van der Waals surface area (Å²) in [4.78, 5) is 15.5. The van der Waals surface area contributed by atoms with Crippen LogP contribution in [0.2, 0.25) is 0 Å². The second-order valence-electron chi connectivity index (χ2n) is 8.50. The SMILES string of the molecule is CC(/C=N\N=C1\S/C(=C\c2ccc(-c3ccccc3)cc2)C(=O)N1Cc1ccco1)=C\c1ccccc1. The lowest BCUT2D eigenvalue weighted by Gasteiger charge is -2.12. The van der Waals surface area contributed by atoms with Gasteiger partial charge in [0.2, 0.25) is 0 Å². The van der Waals surface area contributed by atoms with E-state index in [1.165, 1.54) is 11.8 Å². The first-order valence-electron chi connectivity index (χ1n) is 11.9. The highest BCUT2D eigenvalue weighted by atomic mass is 32.2. The fourth-order valence-electron chi connectivity index (χ4n) is 3.85. The van der Waals surface area contributed by atoms with E-state index >= 15 is 0 Å². The van der Waals surface area contributed by atoms with Gasteiger partial charge in [-0.1, -0.05) is 91.0 Å². The Labute approximate surface area is 220 Å². The number of hydrogen-bond acceptors (Lipinski definition) is 5. The number of benzene rings is 3. The molecule has 37 heavy (non-hydrogen) atoms. The van der Waals surface area contributed by atoms with Gasteiger partial charge in [0.05, 0.1) is 23.9 Å². The molecule has 1 saturated heterocycles. The molecule has 0 atom stereocenters. The van der Waals surface area contributed by atoms with E-state index in [-0.39, 0.29) is 12.5 Å². The van der Waals surface area contributed by atoms with Gasteiger partial charge in [-0.2, -0.15) is 5.10 Å². The molecule has 0 radical (unpaired) electrons. The zero-order valence-corrected chi connectivity index (χ0v) is 21.1. The monoisotopic (exact) mass is 503 g/mol. The van der Waals surface area contributed by atoms with Crippen molar-refractivity contribution in [2.45, 2.75) is 13.5 Å². The molecule has 1 aromatic heterocycles. The molecule has 5 nitrogen and oxygen atoms in total. The van der Waals surface area contributed by atoms with Gasteiger partial charge in [0.25, 0.3) is 5.91 Å². The van der Waals surface area contributed by atoms with Crippen LogP contribution in [0, 0.1) is 0 Å². The Kier molecular flexibility index (Phi) is 7.58. The van der Waals surface area contributed by atoms with E-state index in [1.807, 2.05) is 85.8 Å². The molecule has 0 unspecified atom stereocenters.